The number of amides is 1. The van der Waals surface area contributed by atoms with Crippen LogP contribution in [0, 0.1) is 17.2 Å². The third kappa shape index (κ3) is 6.35. The van der Waals surface area contributed by atoms with Crippen LogP contribution in [0.5, 0.6) is 0 Å². The van der Waals surface area contributed by atoms with E-state index in [1.54, 1.807) is 6.07 Å². The lowest BCUT2D eigenvalue weighted by atomic mass is 9.83. The van der Waals surface area contributed by atoms with Crippen LogP contribution in [0.25, 0.3) is 0 Å². The maximum Gasteiger partial charge on any atom is 0.252 e. The van der Waals surface area contributed by atoms with Gasteiger partial charge in [-0.1, -0.05) is 38.1 Å². The minimum atomic E-state index is -0.798. The fourth-order valence-corrected chi connectivity index (χ4v) is 3.75. The van der Waals surface area contributed by atoms with Crippen molar-refractivity contribution in [3.63, 3.8) is 0 Å². The van der Waals surface area contributed by atoms with Crippen LogP contribution < -0.4 is 10.4 Å². The number of hydrogen-bond donors (Lipinski definition) is 1. The van der Waals surface area contributed by atoms with E-state index < -0.39 is 5.41 Å². The van der Waals surface area contributed by atoms with Gasteiger partial charge in [-0.3, -0.25) is 9.69 Å². The Balaban J connectivity index is 1.79. The van der Waals surface area contributed by atoms with Gasteiger partial charge in [0.1, 0.15) is 6.07 Å². The number of nitriles is 1. The number of rotatable bonds is 8. The predicted octanol–water partition coefficient (Wildman–Crippen LogP) is 2.57. The molecule has 1 aliphatic heterocycles. The second-order valence-electron chi connectivity index (χ2n) is 9.65. The van der Waals surface area contributed by atoms with E-state index in [-0.39, 0.29) is 11.7 Å². The molecule has 1 aliphatic rings. The van der Waals surface area contributed by atoms with Crippen LogP contribution >= 0.6 is 0 Å². The molecular formula is C25H35N7O. The zero-order chi connectivity index (χ0) is 24.0. The first kappa shape index (κ1) is 24.8. The quantitative estimate of drug-likeness (QED) is 0.620. The van der Waals surface area contributed by atoms with Crippen molar-refractivity contribution < 1.29 is 4.79 Å². The van der Waals surface area contributed by atoms with Gasteiger partial charge in [0.05, 0.1) is 5.41 Å². The minimum absolute atomic E-state index is 0.0303. The van der Waals surface area contributed by atoms with E-state index in [9.17, 15) is 10.1 Å². The zero-order valence-electron chi connectivity index (χ0n) is 20.4. The van der Waals surface area contributed by atoms with Crippen molar-refractivity contribution in [2.24, 2.45) is 5.92 Å². The molecule has 0 radical (unpaired) electrons. The first-order valence-electron chi connectivity index (χ1n) is 11.5. The Morgan fingerprint density at radius 2 is 1.85 bits per heavy atom. The van der Waals surface area contributed by atoms with E-state index in [4.69, 9.17) is 0 Å². The largest absolute Gasteiger partial charge is 0.304 e. The molecule has 0 saturated carbocycles. The van der Waals surface area contributed by atoms with Crippen molar-refractivity contribution in [1.29, 1.82) is 5.26 Å². The van der Waals surface area contributed by atoms with Crippen LogP contribution in [-0.4, -0.2) is 65.4 Å². The SMILES string of the molecule is CC(C)CNN(C(=O)C(C)(C)c1ccc(CN2CCN(C)CC2)cc1)c1ccnc(C#N)n1. The Morgan fingerprint density at radius 1 is 1.18 bits per heavy atom. The number of anilines is 1. The molecule has 3 rings (SSSR count). The van der Waals surface area contributed by atoms with E-state index in [0.29, 0.717) is 18.3 Å². The minimum Gasteiger partial charge on any atom is -0.304 e. The summed E-state index contributed by atoms with van der Waals surface area (Å²) in [6.45, 7) is 13.8. The van der Waals surface area contributed by atoms with Crippen LogP contribution in [0.2, 0.25) is 0 Å². The third-order valence-electron chi connectivity index (χ3n) is 6.04. The maximum absolute atomic E-state index is 13.7. The number of nitrogens with one attached hydrogen (secondary N) is 1. The number of benzene rings is 1. The zero-order valence-corrected chi connectivity index (χ0v) is 20.4. The van der Waals surface area contributed by atoms with Crippen molar-refractivity contribution in [3.05, 3.63) is 53.5 Å². The number of likely N-dealkylation sites (N-methyl/N-ethyl adjacent to an activating group) is 1. The Kier molecular flexibility index (Phi) is 8.14. The van der Waals surface area contributed by atoms with Crippen molar-refractivity contribution >= 4 is 11.7 Å². The fourth-order valence-electron chi connectivity index (χ4n) is 3.75. The molecule has 0 atom stereocenters. The lowest BCUT2D eigenvalue weighted by Gasteiger charge is -2.33. The van der Waals surface area contributed by atoms with Crippen LogP contribution in [-0.2, 0) is 16.8 Å². The molecule has 1 aromatic carbocycles. The highest BCUT2D eigenvalue weighted by molar-refractivity contribution is 5.99. The third-order valence-corrected chi connectivity index (χ3v) is 6.04. The molecule has 1 N–H and O–H groups in total. The summed E-state index contributed by atoms with van der Waals surface area (Å²) in [5, 5.41) is 10.6. The van der Waals surface area contributed by atoms with Crippen LogP contribution in [0.3, 0.4) is 0 Å². The molecule has 2 heterocycles. The summed E-state index contributed by atoms with van der Waals surface area (Å²) >= 11 is 0. The van der Waals surface area contributed by atoms with Crippen molar-refractivity contribution in [2.75, 3.05) is 44.8 Å². The van der Waals surface area contributed by atoms with Gasteiger partial charge in [-0.15, -0.1) is 0 Å². The van der Waals surface area contributed by atoms with Gasteiger partial charge in [0.25, 0.3) is 5.91 Å². The van der Waals surface area contributed by atoms with Gasteiger partial charge in [0.2, 0.25) is 5.82 Å². The summed E-state index contributed by atoms with van der Waals surface area (Å²) in [5.41, 5.74) is 4.58. The number of hydrazine groups is 1. The topological polar surface area (TPSA) is 88.4 Å². The molecule has 0 unspecified atom stereocenters. The van der Waals surface area contributed by atoms with Gasteiger partial charge in [-0.2, -0.15) is 10.2 Å². The molecule has 0 bridgehead atoms. The Morgan fingerprint density at radius 3 is 2.45 bits per heavy atom. The number of hydrogen-bond acceptors (Lipinski definition) is 7. The molecule has 2 aromatic rings. The number of aromatic nitrogens is 2. The Bertz CT molecular complexity index is 973. The highest BCUT2D eigenvalue weighted by Crippen LogP contribution is 2.28. The highest BCUT2D eigenvalue weighted by Gasteiger charge is 2.35. The fraction of sp³-hybridized carbons (Fsp3) is 0.520. The lowest BCUT2D eigenvalue weighted by Crippen LogP contribution is -2.52. The van der Waals surface area contributed by atoms with Gasteiger partial charge >= 0.3 is 0 Å². The smallest absolute Gasteiger partial charge is 0.252 e. The summed E-state index contributed by atoms with van der Waals surface area (Å²) in [4.78, 5) is 26.7. The van der Waals surface area contributed by atoms with E-state index in [1.165, 1.54) is 16.8 Å². The molecule has 1 saturated heterocycles. The van der Waals surface area contributed by atoms with E-state index >= 15 is 0 Å². The maximum atomic E-state index is 13.7. The number of nitrogens with zero attached hydrogens (tertiary/aromatic N) is 6. The molecular weight excluding hydrogens is 414 g/mol. The summed E-state index contributed by atoms with van der Waals surface area (Å²) in [7, 11) is 2.16. The van der Waals surface area contributed by atoms with Crippen LogP contribution in [0.4, 0.5) is 5.82 Å². The van der Waals surface area contributed by atoms with E-state index in [0.717, 1.165) is 38.3 Å². The standard InChI is InChI=1S/C25H35N7O/c1-19(2)17-28-32(23-10-11-27-22(16-26)29-23)24(33)25(3,4)21-8-6-20(7-9-21)18-31-14-12-30(5)13-15-31/h6-11,19,28H,12-15,17-18H2,1-5H3. The molecule has 33 heavy (non-hydrogen) atoms. The molecule has 0 aliphatic carbocycles. The molecule has 176 valence electrons. The molecule has 1 aromatic heterocycles. The van der Waals surface area contributed by atoms with Gasteiger partial charge in [0.15, 0.2) is 5.82 Å². The average molecular weight is 450 g/mol. The van der Waals surface area contributed by atoms with Gasteiger partial charge < -0.3 is 4.90 Å². The van der Waals surface area contributed by atoms with Crippen molar-refractivity contribution in [1.82, 2.24) is 25.2 Å². The van der Waals surface area contributed by atoms with Crippen molar-refractivity contribution in [3.8, 4) is 6.07 Å². The van der Waals surface area contributed by atoms with Gasteiger partial charge in [-0.25, -0.2) is 15.4 Å². The average Bonchev–Trinajstić information content (AvgIpc) is 2.81. The number of carbonyl (C=O) groups is 1. The molecule has 8 heteroatoms. The molecule has 1 amide bonds. The molecule has 0 spiro atoms. The number of carbonyl (C=O) groups excluding carboxylic acids is 1. The second kappa shape index (κ2) is 10.8. The molecule has 8 nitrogen and oxygen atoms in total. The Labute approximate surface area is 197 Å². The first-order chi connectivity index (χ1) is 15.7. The summed E-state index contributed by atoms with van der Waals surface area (Å²) in [6.07, 6.45) is 1.50. The van der Waals surface area contributed by atoms with E-state index in [2.05, 4.69) is 58.2 Å². The lowest BCUT2D eigenvalue weighted by molar-refractivity contribution is -0.123. The second-order valence-corrected chi connectivity index (χ2v) is 9.65. The van der Waals surface area contributed by atoms with Gasteiger partial charge in [0, 0.05) is 51.5 Å². The summed E-state index contributed by atoms with van der Waals surface area (Å²) in [6, 6.07) is 11.9. The highest BCUT2D eigenvalue weighted by atomic mass is 16.2. The van der Waals surface area contributed by atoms with Crippen molar-refractivity contribution in [2.45, 2.75) is 39.7 Å². The predicted molar refractivity (Wildman–Crippen MR) is 129 cm³/mol. The van der Waals surface area contributed by atoms with Gasteiger partial charge in [-0.05, 0) is 37.9 Å². The Hall–Kier alpha value is -2.86. The summed E-state index contributed by atoms with van der Waals surface area (Å²) < 4.78 is 0. The normalized spacial score (nSPS) is 15.4. The van der Waals surface area contributed by atoms with E-state index in [1.807, 2.05) is 32.0 Å². The monoisotopic (exact) mass is 449 g/mol. The van der Waals surface area contributed by atoms with Crippen LogP contribution in [0.15, 0.2) is 36.5 Å². The molecule has 1 fully saturated rings. The first-order valence-corrected chi connectivity index (χ1v) is 11.5. The summed E-state index contributed by atoms with van der Waals surface area (Å²) in [5.74, 6) is 0.585. The number of piperazine rings is 1. The van der Waals surface area contributed by atoms with Crippen LogP contribution in [0.1, 0.15) is 44.6 Å².